The van der Waals surface area contributed by atoms with Crippen molar-refractivity contribution in [2.24, 2.45) is 0 Å². The number of aromatic nitrogens is 2. The Balaban J connectivity index is 1.53. The number of para-hydroxylation sites is 1. The van der Waals surface area contributed by atoms with Gasteiger partial charge >= 0.3 is 0 Å². The first-order valence-corrected chi connectivity index (χ1v) is 7.78. The highest BCUT2D eigenvalue weighted by Crippen LogP contribution is 2.20. The van der Waals surface area contributed by atoms with Gasteiger partial charge in [-0.05, 0) is 12.1 Å². The van der Waals surface area contributed by atoms with Gasteiger partial charge in [0, 0.05) is 38.9 Å². The van der Waals surface area contributed by atoms with Crippen molar-refractivity contribution in [3.63, 3.8) is 0 Å². The van der Waals surface area contributed by atoms with Gasteiger partial charge < -0.3 is 4.90 Å². The average molecular weight is 316 g/mol. The second kappa shape index (κ2) is 6.82. The Morgan fingerprint density at radius 3 is 2.59 bits per heavy atom. The van der Waals surface area contributed by atoms with Crippen LogP contribution in [0.4, 0.5) is 5.69 Å². The summed E-state index contributed by atoms with van der Waals surface area (Å²) in [6.45, 7) is 5.69. The molecule has 1 aromatic carbocycles. The van der Waals surface area contributed by atoms with Crippen LogP contribution in [0.25, 0.3) is 0 Å². The molecular weight excluding hydrogens is 298 g/mol. The number of piperazine rings is 1. The lowest BCUT2D eigenvalue weighted by atomic mass is 10.1. The standard InChI is InChI=1S/C16H18ClN5/c17-15-12-19-22(13-15)10-7-20-5-8-21(9-6-20)16-4-2-1-3-14(16)11-18/h1-4,12-13H,5-10H2. The van der Waals surface area contributed by atoms with Crippen molar-refractivity contribution in [2.45, 2.75) is 6.54 Å². The molecule has 0 spiro atoms. The van der Waals surface area contributed by atoms with Gasteiger partial charge in [-0.3, -0.25) is 9.58 Å². The molecule has 5 nitrogen and oxygen atoms in total. The predicted molar refractivity (Wildman–Crippen MR) is 87.0 cm³/mol. The third kappa shape index (κ3) is 3.41. The van der Waals surface area contributed by atoms with Crippen LogP contribution in [0.5, 0.6) is 0 Å². The fraction of sp³-hybridized carbons (Fsp3) is 0.375. The molecule has 114 valence electrons. The third-order valence-electron chi connectivity index (χ3n) is 3.98. The van der Waals surface area contributed by atoms with Gasteiger partial charge in [-0.2, -0.15) is 10.4 Å². The van der Waals surface area contributed by atoms with Crippen LogP contribution in [-0.2, 0) is 6.54 Å². The Morgan fingerprint density at radius 2 is 1.91 bits per heavy atom. The molecule has 2 heterocycles. The van der Waals surface area contributed by atoms with Crippen LogP contribution in [-0.4, -0.2) is 47.4 Å². The molecule has 0 unspecified atom stereocenters. The zero-order valence-electron chi connectivity index (χ0n) is 12.3. The molecule has 1 aromatic heterocycles. The summed E-state index contributed by atoms with van der Waals surface area (Å²) in [4.78, 5) is 4.71. The van der Waals surface area contributed by atoms with E-state index in [1.807, 2.05) is 35.1 Å². The number of hydrogen-bond acceptors (Lipinski definition) is 4. The molecule has 1 aliphatic rings. The van der Waals surface area contributed by atoms with Gasteiger partial charge in [-0.25, -0.2) is 0 Å². The quantitative estimate of drug-likeness (QED) is 0.868. The molecule has 0 radical (unpaired) electrons. The first-order chi connectivity index (χ1) is 10.8. The maximum Gasteiger partial charge on any atom is 0.101 e. The molecule has 1 aliphatic heterocycles. The van der Waals surface area contributed by atoms with Crippen molar-refractivity contribution in [3.05, 3.63) is 47.2 Å². The summed E-state index contributed by atoms with van der Waals surface area (Å²) in [6, 6.07) is 10.1. The number of rotatable bonds is 4. The normalized spacial score (nSPS) is 15.7. The van der Waals surface area contributed by atoms with E-state index in [-0.39, 0.29) is 0 Å². The van der Waals surface area contributed by atoms with Crippen molar-refractivity contribution < 1.29 is 0 Å². The van der Waals surface area contributed by atoms with E-state index in [2.05, 4.69) is 21.0 Å². The number of nitriles is 1. The van der Waals surface area contributed by atoms with Gasteiger partial charge in [0.15, 0.2) is 0 Å². The third-order valence-corrected chi connectivity index (χ3v) is 4.18. The lowest BCUT2D eigenvalue weighted by molar-refractivity contribution is 0.244. The molecular formula is C16H18ClN5. The molecule has 0 amide bonds. The Labute approximate surface area is 135 Å². The van der Waals surface area contributed by atoms with E-state index in [4.69, 9.17) is 11.6 Å². The molecule has 0 aliphatic carbocycles. The van der Waals surface area contributed by atoms with E-state index in [0.29, 0.717) is 5.02 Å². The molecule has 3 rings (SSSR count). The summed E-state index contributed by atoms with van der Waals surface area (Å²) in [7, 11) is 0. The fourth-order valence-electron chi connectivity index (χ4n) is 2.76. The van der Waals surface area contributed by atoms with Gasteiger partial charge in [-0.1, -0.05) is 23.7 Å². The number of benzene rings is 1. The van der Waals surface area contributed by atoms with Gasteiger partial charge in [-0.15, -0.1) is 0 Å². The summed E-state index contributed by atoms with van der Waals surface area (Å²) in [5.74, 6) is 0. The number of anilines is 1. The average Bonchev–Trinajstić information content (AvgIpc) is 2.99. The minimum atomic E-state index is 0.679. The van der Waals surface area contributed by atoms with Crippen molar-refractivity contribution >= 4 is 17.3 Å². The lowest BCUT2D eigenvalue weighted by Gasteiger charge is -2.36. The van der Waals surface area contributed by atoms with E-state index >= 15 is 0 Å². The van der Waals surface area contributed by atoms with Crippen molar-refractivity contribution in [1.82, 2.24) is 14.7 Å². The minimum absolute atomic E-state index is 0.679. The van der Waals surface area contributed by atoms with E-state index in [0.717, 1.165) is 50.5 Å². The maximum atomic E-state index is 9.21. The summed E-state index contributed by atoms with van der Waals surface area (Å²) in [5.41, 5.74) is 1.80. The Morgan fingerprint density at radius 1 is 1.14 bits per heavy atom. The van der Waals surface area contributed by atoms with Crippen LogP contribution in [0.2, 0.25) is 5.02 Å². The Bertz CT molecular complexity index is 667. The number of halogens is 1. The second-order valence-corrected chi connectivity index (χ2v) is 5.82. The van der Waals surface area contributed by atoms with Gasteiger partial charge in [0.1, 0.15) is 6.07 Å². The van der Waals surface area contributed by atoms with E-state index in [1.165, 1.54) is 0 Å². The first kappa shape index (κ1) is 14.9. The minimum Gasteiger partial charge on any atom is -0.368 e. The SMILES string of the molecule is N#Cc1ccccc1N1CCN(CCn2cc(Cl)cn2)CC1. The van der Waals surface area contributed by atoms with Gasteiger partial charge in [0.25, 0.3) is 0 Å². The Hall–Kier alpha value is -2.03. The van der Waals surface area contributed by atoms with Crippen LogP contribution in [0.15, 0.2) is 36.7 Å². The van der Waals surface area contributed by atoms with Crippen LogP contribution in [0, 0.1) is 11.3 Å². The van der Waals surface area contributed by atoms with Crippen LogP contribution in [0.3, 0.4) is 0 Å². The van der Waals surface area contributed by atoms with Crippen LogP contribution < -0.4 is 4.90 Å². The summed E-state index contributed by atoms with van der Waals surface area (Å²) in [6.07, 6.45) is 3.51. The summed E-state index contributed by atoms with van der Waals surface area (Å²) in [5, 5.41) is 14.1. The smallest absolute Gasteiger partial charge is 0.101 e. The van der Waals surface area contributed by atoms with E-state index in [1.54, 1.807) is 6.20 Å². The highest BCUT2D eigenvalue weighted by molar-refractivity contribution is 6.30. The topological polar surface area (TPSA) is 48.1 Å². The van der Waals surface area contributed by atoms with Crippen LogP contribution in [0.1, 0.15) is 5.56 Å². The molecule has 22 heavy (non-hydrogen) atoms. The highest BCUT2D eigenvalue weighted by atomic mass is 35.5. The zero-order chi connectivity index (χ0) is 15.4. The summed E-state index contributed by atoms with van der Waals surface area (Å²) >= 11 is 5.87. The van der Waals surface area contributed by atoms with Crippen molar-refractivity contribution in [1.29, 1.82) is 5.26 Å². The molecule has 0 atom stereocenters. The number of nitrogens with zero attached hydrogens (tertiary/aromatic N) is 5. The maximum absolute atomic E-state index is 9.21. The Kier molecular flexibility index (Phi) is 4.62. The predicted octanol–water partition coefficient (Wildman–Crippen LogP) is 2.23. The van der Waals surface area contributed by atoms with Crippen LogP contribution >= 0.6 is 11.6 Å². The molecule has 2 aromatic rings. The van der Waals surface area contributed by atoms with Gasteiger partial charge in [0.2, 0.25) is 0 Å². The molecule has 0 N–H and O–H groups in total. The monoisotopic (exact) mass is 315 g/mol. The van der Waals surface area contributed by atoms with Gasteiger partial charge in [0.05, 0.1) is 29.0 Å². The summed E-state index contributed by atoms with van der Waals surface area (Å²) < 4.78 is 1.87. The molecule has 6 heteroatoms. The van der Waals surface area contributed by atoms with Crippen molar-refractivity contribution in [3.8, 4) is 6.07 Å². The zero-order valence-corrected chi connectivity index (χ0v) is 13.1. The van der Waals surface area contributed by atoms with E-state index in [9.17, 15) is 5.26 Å². The largest absolute Gasteiger partial charge is 0.368 e. The van der Waals surface area contributed by atoms with E-state index < -0.39 is 0 Å². The molecule has 1 saturated heterocycles. The number of hydrogen-bond donors (Lipinski definition) is 0. The lowest BCUT2D eigenvalue weighted by Crippen LogP contribution is -2.47. The fourth-order valence-corrected chi connectivity index (χ4v) is 2.92. The second-order valence-electron chi connectivity index (χ2n) is 5.38. The molecule has 1 fully saturated rings. The molecule has 0 saturated carbocycles. The molecule has 0 bridgehead atoms. The van der Waals surface area contributed by atoms with Crippen molar-refractivity contribution in [2.75, 3.05) is 37.6 Å². The highest BCUT2D eigenvalue weighted by Gasteiger charge is 2.18. The first-order valence-electron chi connectivity index (χ1n) is 7.40.